The summed E-state index contributed by atoms with van der Waals surface area (Å²) in [6.45, 7) is 3.95. The molecule has 0 saturated heterocycles. The molecule has 1 saturated carbocycles. The molecule has 3 rings (SSSR count). The molecular formula is C23H32BrNO. The minimum Gasteiger partial charge on any atom is -1.00 e. The number of rotatable bonds is 9. The number of unbranched alkanes of at least 4 members (excludes halogenated alkanes) is 2. The van der Waals surface area contributed by atoms with Gasteiger partial charge in [0.25, 0.3) is 0 Å². The second kappa shape index (κ2) is 11.5. The number of benzene rings is 1. The zero-order valence-corrected chi connectivity index (χ0v) is 17.5. The molecule has 1 aliphatic rings. The predicted octanol–water partition coefficient (Wildman–Crippen LogP) is 2.58. The normalized spacial score (nSPS) is 15.6. The standard InChI is InChI=1S/C23H32NO.BrH/c1-2-3-9-18-25-23(19-24-16-7-4-8-17-24)22-14-12-21(13-15-22)20-10-5-6-11-20;/h4,7-8,12-17,20,23H,2-3,5-6,9-11,18-19H2,1H3;1H/q+1;/p-1. The molecular weight excluding hydrogens is 386 g/mol. The topological polar surface area (TPSA) is 13.1 Å². The molecule has 0 bridgehead atoms. The van der Waals surface area contributed by atoms with Gasteiger partial charge < -0.3 is 21.7 Å². The smallest absolute Gasteiger partial charge is 0.178 e. The minimum absolute atomic E-state index is 0. The lowest BCUT2D eigenvalue weighted by atomic mass is 9.95. The summed E-state index contributed by atoms with van der Waals surface area (Å²) in [6, 6.07) is 15.5. The van der Waals surface area contributed by atoms with Crippen LogP contribution < -0.4 is 21.5 Å². The van der Waals surface area contributed by atoms with Gasteiger partial charge in [-0.1, -0.05) is 62.9 Å². The Balaban J connectivity index is 0.00000243. The first-order chi connectivity index (χ1) is 12.4. The van der Waals surface area contributed by atoms with Crippen molar-refractivity contribution < 1.29 is 26.3 Å². The highest BCUT2D eigenvalue weighted by Gasteiger charge is 2.20. The van der Waals surface area contributed by atoms with Crippen LogP contribution in [0.15, 0.2) is 54.9 Å². The van der Waals surface area contributed by atoms with Crippen molar-refractivity contribution in [2.75, 3.05) is 6.61 Å². The summed E-state index contributed by atoms with van der Waals surface area (Å²) in [4.78, 5) is 0. The van der Waals surface area contributed by atoms with Gasteiger partial charge in [-0.15, -0.1) is 0 Å². The Kier molecular flexibility index (Phi) is 9.35. The van der Waals surface area contributed by atoms with Gasteiger partial charge in [-0.05, 0) is 36.3 Å². The van der Waals surface area contributed by atoms with Gasteiger partial charge >= 0.3 is 0 Å². The van der Waals surface area contributed by atoms with Crippen molar-refractivity contribution in [1.82, 2.24) is 0 Å². The average molecular weight is 418 g/mol. The highest BCUT2D eigenvalue weighted by atomic mass is 79.9. The second-order valence-electron chi connectivity index (χ2n) is 7.29. The maximum absolute atomic E-state index is 6.28. The van der Waals surface area contributed by atoms with Crippen molar-refractivity contribution in [3.05, 3.63) is 66.0 Å². The Hall–Kier alpha value is -1.19. The molecule has 0 radical (unpaired) electrons. The highest BCUT2D eigenvalue weighted by molar-refractivity contribution is 5.27. The van der Waals surface area contributed by atoms with Crippen molar-refractivity contribution in [3.63, 3.8) is 0 Å². The SMILES string of the molecule is CCCCCOC(C[n+]1ccccc1)c1ccc(C2CCCC2)cc1.[Br-]. The minimum atomic E-state index is 0. The summed E-state index contributed by atoms with van der Waals surface area (Å²) in [7, 11) is 0. The number of aromatic nitrogens is 1. The first-order valence-corrected chi connectivity index (χ1v) is 10.0. The third kappa shape index (κ3) is 6.21. The van der Waals surface area contributed by atoms with Gasteiger partial charge in [-0.25, -0.2) is 4.57 Å². The van der Waals surface area contributed by atoms with Crippen molar-refractivity contribution in [2.45, 2.75) is 70.4 Å². The average Bonchev–Trinajstić information content (AvgIpc) is 3.20. The van der Waals surface area contributed by atoms with E-state index in [-0.39, 0.29) is 23.1 Å². The first-order valence-electron chi connectivity index (χ1n) is 10.0. The van der Waals surface area contributed by atoms with Gasteiger partial charge in [-0.2, -0.15) is 0 Å². The fourth-order valence-electron chi connectivity index (χ4n) is 3.82. The van der Waals surface area contributed by atoms with Gasteiger partial charge in [0.05, 0.1) is 0 Å². The van der Waals surface area contributed by atoms with E-state index in [9.17, 15) is 0 Å². The van der Waals surface area contributed by atoms with Crippen molar-refractivity contribution in [2.24, 2.45) is 0 Å². The summed E-state index contributed by atoms with van der Waals surface area (Å²) in [6.07, 6.45) is 13.5. The Morgan fingerprint density at radius 1 is 1.00 bits per heavy atom. The third-order valence-corrected chi connectivity index (χ3v) is 5.36. The lowest BCUT2D eigenvalue weighted by Gasteiger charge is -2.17. The summed E-state index contributed by atoms with van der Waals surface area (Å²) in [5, 5.41) is 0. The van der Waals surface area contributed by atoms with E-state index in [0.717, 1.165) is 25.5 Å². The van der Waals surface area contributed by atoms with Gasteiger partial charge in [0, 0.05) is 18.7 Å². The Bertz CT molecular complexity index is 608. The van der Waals surface area contributed by atoms with Crippen LogP contribution in [0.1, 0.15) is 75.0 Å². The molecule has 1 aliphatic carbocycles. The lowest BCUT2D eigenvalue weighted by Crippen LogP contribution is -3.00. The van der Waals surface area contributed by atoms with Crippen LogP contribution in [-0.2, 0) is 11.3 Å². The summed E-state index contributed by atoms with van der Waals surface area (Å²) < 4.78 is 8.50. The molecule has 1 aromatic heterocycles. The molecule has 0 N–H and O–H groups in total. The molecule has 1 aromatic carbocycles. The van der Waals surface area contributed by atoms with Crippen molar-refractivity contribution >= 4 is 0 Å². The van der Waals surface area contributed by atoms with E-state index in [2.05, 4.69) is 66.3 Å². The summed E-state index contributed by atoms with van der Waals surface area (Å²) >= 11 is 0. The monoisotopic (exact) mass is 417 g/mol. The van der Waals surface area contributed by atoms with E-state index in [4.69, 9.17) is 4.74 Å². The molecule has 1 fully saturated rings. The van der Waals surface area contributed by atoms with Crippen LogP contribution >= 0.6 is 0 Å². The van der Waals surface area contributed by atoms with Gasteiger partial charge in [0.2, 0.25) is 0 Å². The molecule has 1 heterocycles. The zero-order valence-electron chi connectivity index (χ0n) is 15.9. The maximum Gasteiger partial charge on any atom is 0.178 e. The molecule has 142 valence electrons. The van der Waals surface area contributed by atoms with E-state index < -0.39 is 0 Å². The third-order valence-electron chi connectivity index (χ3n) is 5.36. The highest BCUT2D eigenvalue weighted by Crippen LogP contribution is 2.34. The fourth-order valence-corrected chi connectivity index (χ4v) is 3.82. The van der Waals surface area contributed by atoms with Crippen LogP contribution in [0.3, 0.4) is 0 Å². The van der Waals surface area contributed by atoms with Crippen molar-refractivity contribution in [1.29, 1.82) is 0 Å². The number of halogens is 1. The van der Waals surface area contributed by atoms with E-state index in [1.807, 2.05) is 0 Å². The van der Waals surface area contributed by atoms with Crippen molar-refractivity contribution in [3.8, 4) is 0 Å². The first kappa shape index (κ1) is 21.1. The van der Waals surface area contributed by atoms with Gasteiger partial charge in [0.1, 0.15) is 6.10 Å². The van der Waals surface area contributed by atoms with E-state index >= 15 is 0 Å². The largest absolute Gasteiger partial charge is 1.00 e. The number of nitrogens with zero attached hydrogens (tertiary/aromatic N) is 1. The predicted molar refractivity (Wildman–Crippen MR) is 103 cm³/mol. The zero-order chi connectivity index (χ0) is 17.3. The molecule has 26 heavy (non-hydrogen) atoms. The molecule has 0 spiro atoms. The molecule has 1 atom stereocenters. The van der Waals surface area contributed by atoms with Crippen LogP contribution in [-0.4, -0.2) is 6.61 Å². The second-order valence-corrected chi connectivity index (χ2v) is 7.29. The molecule has 3 heteroatoms. The maximum atomic E-state index is 6.28. The molecule has 2 aromatic rings. The number of ether oxygens (including phenoxy) is 1. The summed E-state index contributed by atoms with van der Waals surface area (Å²) in [5.74, 6) is 0.779. The summed E-state index contributed by atoms with van der Waals surface area (Å²) in [5.41, 5.74) is 2.81. The molecule has 0 aliphatic heterocycles. The van der Waals surface area contributed by atoms with Gasteiger partial charge in [-0.3, -0.25) is 0 Å². The van der Waals surface area contributed by atoms with Crippen LogP contribution in [0.4, 0.5) is 0 Å². The quantitative estimate of drug-likeness (QED) is 0.451. The Labute approximate surface area is 169 Å². The lowest BCUT2D eigenvalue weighted by molar-refractivity contribution is -0.705. The van der Waals surface area contributed by atoms with Crippen LogP contribution in [0.25, 0.3) is 0 Å². The number of hydrogen-bond acceptors (Lipinski definition) is 1. The number of pyridine rings is 1. The fraction of sp³-hybridized carbons (Fsp3) is 0.522. The molecule has 0 amide bonds. The van der Waals surface area contributed by atoms with Crippen LogP contribution in [0.5, 0.6) is 0 Å². The van der Waals surface area contributed by atoms with Crippen LogP contribution in [0.2, 0.25) is 0 Å². The van der Waals surface area contributed by atoms with E-state index in [1.54, 1.807) is 0 Å². The van der Waals surface area contributed by atoms with Crippen LogP contribution in [0, 0.1) is 0 Å². The van der Waals surface area contributed by atoms with E-state index in [0.29, 0.717) is 0 Å². The van der Waals surface area contributed by atoms with Gasteiger partial charge in [0.15, 0.2) is 18.9 Å². The Morgan fingerprint density at radius 2 is 1.69 bits per heavy atom. The number of hydrogen-bond donors (Lipinski definition) is 0. The Morgan fingerprint density at radius 3 is 2.35 bits per heavy atom. The molecule has 2 nitrogen and oxygen atoms in total. The molecule has 1 unspecified atom stereocenters. The van der Waals surface area contributed by atoms with E-state index in [1.165, 1.54) is 49.7 Å².